The Kier molecular flexibility index (Phi) is 6.15. The van der Waals surface area contributed by atoms with Crippen LogP contribution in [-0.2, 0) is 0 Å². The number of alkyl halides is 3. The van der Waals surface area contributed by atoms with Crippen LogP contribution < -0.4 is 16.6 Å². The molecule has 3 heterocycles. The van der Waals surface area contributed by atoms with Crippen LogP contribution in [0.25, 0.3) is 28.3 Å². The fourth-order valence-corrected chi connectivity index (χ4v) is 4.17. The van der Waals surface area contributed by atoms with Crippen LogP contribution in [0.5, 0.6) is 0 Å². The van der Waals surface area contributed by atoms with Crippen molar-refractivity contribution in [3.05, 3.63) is 100 Å². The molecule has 0 spiro atoms. The minimum Gasteiger partial charge on any atom is -0.381 e. The molecule has 0 saturated heterocycles. The van der Waals surface area contributed by atoms with Gasteiger partial charge in [-0.25, -0.2) is 14.5 Å². The summed E-state index contributed by atoms with van der Waals surface area (Å²) in [6.45, 7) is 1.63. The molecule has 12 heteroatoms. The van der Waals surface area contributed by atoms with Crippen molar-refractivity contribution < 1.29 is 18.0 Å². The van der Waals surface area contributed by atoms with Crippen LogP contribution in [0.3, 0.4) is 0 Å². The zero-order chi connectivity index (χ0) is 27.0. The van der Waals surface area contributed by atoms with Crippen molar-refractivity contribution in [2.75, 3.05) is 5.73 Å². The highest BCUT2D eigenvalue weighted by molar-refractivity contribution is 6.04. The number of amides is 1. The lowest BCUT2D eigenvalue weighted by Crippen LogP contribution is -2.33. The first-order valence-corrected chi connectivity index (χ1v) is 11.4. The Balaban J connectivity index is 1.65. The summed E-state index contributed by atoms with van der Waals surface area (Å²) in [5.41, 5.74) is 6.37. The van der Waals surface area contributed by atoms with Crippen LogP contribution in [0.15, 0.2) is 77.9 Å². The molecule has 0 aliphatic carbocycles. The van der Waals surface area contributed by atoms with Crippen molar-refractivity contribution in [3.63, 3.8) is 0 Å². The highest BCUT2D eigenvalue weighted by Crippen LogP contribution is 2.24. The number of fused-ring (bicyclic) bond motifs is 2. The quantitative estimate of drug-likeness (QED) is 0.361. The van der Waals surface area contributed by atoms with Crippen molar-refractivity contribution in [3.8, 4) is 5.69 Å². The summed E-state index contributed by atoms with van der Waals surface area (Å²) in [5.74, 6) is -0.442. The Hall–Kier alpha value is -5.00. The average molecular weight is 519 g/mol. The van der Waals surface area contributed by atoms with E-state index in [2.05, 4.69) is 20.4 Å². The SMILES string of the molecule is CC(NC(=O)c1c(N)nn2cccnc12)c1nc2cccc(C=CC(F)(F)F)c2c(=O)n1-c1ccccc1. The zero-order valence-corrected chi connectivity index (χ0v) is 19.8. The second kappa shape index (κ2) is 9.47. The molecular formula is C26H20F3N7O2. The maximum atomic E-state index is 13.8. The second-order valence-electron chi connectivity index (χ2n) is 8.41. The predicted octanol–water partition coefficient (Wildman–Crippen LogP) is 4.08. The molecule has 0 radical (unpaired) electrons. The van der Waals surface area contributed by atoms with Crippen molar-refractivity contribution in [2.24, 2.45) is 0 Å². The normalized spacial score (nSPS) is 12.8. The number of hydrogen-bond acceptors (Lipinski definition) is 6. The average Bonchev–Trinajstić information content (AvgIpc) is 3.23. The van der Waals surface area contributed by atoms with E-state index in [0.29, 0.717) is 5.69 Å². The molecule has 0 aliphatic rings. The van der Waals surface area contributed by atoms with Crippen molar-refractivity contribution in [1.29, 1.82) is 0 Å². The number of benzene rings is 2. The number of allylic oxidation sites excluding steroid dienone is 1. The van der Waals surface area contributed by atoms with Gasteiger partial charge in [0, 0.05) is 18.5 Å². The van der Waals surface area contributed by atoms with Crippen LogP contribution >= 0.6 is 0 Å². The van der Waals surface area contributed by atoms with Gasteiger partial charge >= 0.3 is 6.18 Å². The van der Waals surface area contributed by atoms with E-state index in [4.69, 9.17) is 5.73 Å². The molecule has 9 nitrogen and oxygen atoms in total. The molecule has 192 valence electrons. The van der Waals surface area contributed by atoms with Gasteiger partial charge in [-0.15, -0.1) is 5.10 Å². The smallest absolute Gasteiger partial charge is 0.381 e. The highest BCUT2D eigenvalue weighted by atomic mass is 19.4. The number of hydrogen-bond donors (Lipinski definition) is 2. The number of nitrogens with zero attached hydrogens (tertiary/aromatic N) is 5. The minimum absolute atomic E-state index is 0.00945. The van der Waals surface area contributed by atoms with Crippen molar-refractivity contribution in [1.82, 2.24) is 29.5 Å². The number of nitrogens with one attached hydrogen (secondary N) is 1. The third kappa shape index (κ3) is 4.59. The van der Waals surface area contributed by atoms with Crippen LogP contribution in [0, 0.1) is 0 Å². The third-order valence-corrected chi connectivity index (χ3v) is 5.81. The Bertz CT molecular complexity index is 1760. The monoisotopic (exact) mass is 519 g/mol. The molecule has 0 fully saturated rings. The Morgan fingerprint density at radius 3 is 2.61 bits per heavy atom. The van der Waals surface area contributed by atoms with Gasteiger partial charge in [-0.05, 0) is 42.8 Å². The van der Waals surface area contributed by atoms with Crippen molar-refractivity contribution in [2.45, 2.75) is 19.1 Å². The Morgan fingerprint density at radius 1 is 1.11 bits per heavy atom. The van der Waals surface area contributed by atoms with E-state index in [1.165, 1.54) is 33.5 Å². The van der Waals surface area contributed by atoms with Gasteiger partial charge in [-0.1, -0.05) is 30.3 Å². The maximum Gasteiger partial charge on any atom is 0.409 e. The van der Waals surface area contributed by atoms with Crippen LogP contribution in [0.1, 0.15) is 34.7 Å². The molecule has 2 aromatic carbocycles. The number of nitrogens with two attached hydrogens (primary N) is 1. The van der Waals surface area contributed by atoms with Gasteiger partial charge in [-0.2, -0.15) is 13.2 Å². The summed E-state index contributed by atoms with van der Waals surface area (Å²) in [6, 6.07) is 13.8. The number of anilines is 1. The molecule has 5 aromatic rings. The third-order valence-electron chi connectivity index (χ3n) is 5.81. The van der Waals surface area contributed by atoms with E-state index in [9.17, 15) is 22.8 Å². The number of halogens is 3. The lowest BCUT2D eigenvalue weighted by atomic mass is 10.1. The molecule has 0 aliphatic heterocycles. The summed E-state index contributed by atoms with van der Waals surface area (Å²) in [7, 11) is 0. The predicted molar refractivity (Wildman–Crippen MR) is 136 cm³/mol. The fourth-order valence-electron chi connectivity index (χ4n) is 4.17. The summed E-state index contributed by atoms with van der Waals surface area (Å²) < 4.78 is 41.3. The number of rotatable bonds is 5. The van der Waals surface area contributed by atoms with Crippen LogP contribution in [0.2, 0.25) is 0 Å². The molecule has 3 N–H and O–H groups in total. The summed E-state index contributed by atoms with van der Waals surface area (Å²) in [5, 5.41) is 6.90. The fraction of sp³-hybridized carbons (Fsp3) is 0.115. The van der Waals surface area contributed by atoms with E-state index < -0.39 is 23.7 Å². The molecule has 1 unspecified atom stereocenters. The molecular weight excluding hydrogens is 499 g/mol. The molecule has 38 heavy (non-hydrogen) atoms. The lowest BCUT2D eigenvalue weighted by Gasteiger charge is -2.20. The van der Waals surface area contributed by atoms with Crippen LogP contribution in [0.4, 0.5) is 19.0 Å². The van der Waals surface area contributed by atoms with Gasteiger partial charge in [0.15, 0.2) is 11.5 Å². The summed E-state index contributed by atoms with van der Waals surface area (Å²) in [4.78, 5) is 35.8. The zero-order valence-electron chi connectivity index (χ0n) is 19.8. The number of carbonyl (C=O) groups is 1. The number of carbonyl (C=O) groups excluding carboxylic acids is 1. The second-order valence-corrected chi connectivity index (χ2v) is 8.41. The molecule has 0 bridgehead atoms. The summed E-state index contributed by atoms with van der Waals surface area (Å²) >= 11 is 0. The highest BCUT2D eigenvalue weighted by Gasteiger charge is 2.25. The number of aromatic nitrogens is 5. The van der Waals surface area contributed by atoms with Gasteiger partial charge in [0.2, 0.25) is 0 Å². The van der Waals surface area contributed by atoms with Gasteiger partial charge in [0.1, 0.15) is 11.4 Å². The van der Waals surface area contributed by atoms with Crippen LogP contribution in [-0.4, -0.2) is 36.2 Å². The van der Waals surface area contributed by atoms with Crippen molar-refractivity contribution >= 4 is 34.4 Å². The molecule has 0 saturated carbocycles. The van der Waals surface area contributed by atoms with Gasteiger partial charge in [0.25, 0.3) is 11.5 Å². The summed E-state index contributed by atoms with van der Waals surface area (Å²) in [6.07, 6.45) is -0.547. The van der Waals surface area contributed by atoms with E-state index in [0.717, 1.165) is 6.08 Å². The molecule has 1 amide bonds. The van der Waals surface area contributed by atoms with E-state index in [-0.39, 0.29) is 45.4 Å². The minimum atomic E-state index is -4.55. The number of para-hydroxylation sites is 1. The first-order chi connectivity index (χ1) is 18.1. The van der Waals surface area contributed by atoms with Gasteiger partial charge < -0.3 is 11.1 Å². The largest absolute Gasteiger partial charge is 0.409 e. The number of nitrogen functional groups attached to an aromatic ring is 1. The Labute approximate surface area is 213 Å². The Morgan fingerprint density at radius 2 is 1.87 bits per heavy atom. The van der Waals surface area contributed by atoms with E-state index in [1.807, 2.05) is 0 Å². The first-order valence-electron chi connectivity index (χ1n) is 11.4. The lowest BCUT2D eigenvalue weighted by molar-refractivity contribution is -0.0790. The first kappa shape index (κ1) is 24.7. The molecule has 3 aromatic heterocycles. The van der Waals surface area contributed by atoms with E-state index in [1.54, 1.807) is 49.5 Å². The standard InChI is InChI=1S/C26H20F3N7O2/c1-15(32-24(37)20-21(30)34-35-14-6-13-31-23(20)35)22-33-18-10-5-7-16(11-12-26(27,28)29)19(18)25(38)36(22)17-8-3-2-4-9-17/h2-15H,1H3,(H2,30,34)(H,32,37). The van der Waals surface area contributed by atoms with E-state index >= 15 is 0 Å². The van der Waals surface area contributed by atoms with Gasteiger partial charge in [0.05, 0.1) is 22.6 Å². The molecule has 5 rings (SSSR count). The van der Waals surface area contributed by atoms with Gasteiger partial charge in [-0.3, -0.25) is 14.2 Å². The topological polar surface area (TPSA) is 120 Å². The maximum absolute atomic E-state index is 13.8. The molecule has 1 atom stereocenters.